The minimum atomic E-state index is 0.247. The quantitative estimate of drug-likeness (QED) is 0.301. The molecule has 1 nitrogen and oxygen atoms in total. The predicted octanol–water partition coefficient (Wildman–Crippen LogP) is 8.30. The molecule has 3 rings (SSSR count). The number of hydrogen-bond donors (Lipinski definition) is 0. The fraction of sp³-hybridized carbons (Fsp3) is 0.593. The number of rotatable bonds is 9. The zero-order valence-electron chi connectivity index (χ0n) is 18.4. The number of allylic oxidation sites excluding steroid dienone is 4. The van der Waals surface area contributed by atoms with Gasteiger partial charge in [0.05, 0.1) is 0 Å². The van der Waals surface area contributed by atoms with Gasteiger partial charge in [-0.15, -0.1) is 0 Å². The molecule has 29 heavy (non-hydrogen) atoms. The number of carbonyl (C=O) groups excluding carboxylic acids is 1. The SMILES string of the molecule is CCCCCC1=CCC(SC(=O)c2ccc(CCC3CC=C(C)CC3)cc2)CC1. The van der Waals surface area contributed by atoms with Gasteiger partial charge in [-0.05, 0) is 82.6 Å². The molecule has 0 spiro atoms. The Morgan fingerprint density at radius 3 is 2.48 bits per heavy atom. The van der Waals surface area contributed by atoms with E-state index in [0.717, 1.165) is 30.7 Å². The standard InChI is InChI=1S/C27H38OS/c1-3-4-5-6-22-15-19-26(20-16-22)29-27(28)25-17-13-24(14-18-25)12-11-23-9-7-21(2)8-10-23/h7,13-15,17-18,23,26H,3-6,8-12,16,19-20H2,1-2H3. The molecule has 0 N–H and O–H groups in total. The van der Waals surface area contributed by atoms with Crippen LogP contribution in [0.4, 0.5) is 0 Å². The van der Waals surface area contributed by atoms with Crippen LogP contribution in [0.2, 0.25) is 0 Å². The van der Waals surface area contributed by atoms with Crippen molar-refractivity contribution >= 4 is 16.9 Å². The van der Waals surface area contributed by atoms with E-state index in [2.05, 4.69) is 38.1 Å². The van der Waals surface area contributed by atoms with Crippen LogP contribution in [0.15, 0.2) is 47.6 Å². The molecule has 0 saturated carbocycles. The monoisotopic (exact) mass is 410 g/mol. The van der Waals surface area contributed by atoms with E-state index in [1.54, 1.807) is 22.9 Å². The highest BCUT2D eigenvalue weighted by Crippen LogP contribution is 2.32. The van der Waals surface area contributed by atoms with Crippen molar-refractivity contribution in [1.82, 2.24) is 0 Å². The van der Waals surface area contributed by atoms with Crippen LogP contribution in [-0.4, -0.2) is 10.4 Å². The second kappa shape index (κ2) is 11.8. The largest absolute Gasteiger partial charge is 0.282 e. The van der Waals surface area contributed by atoms with Gasteiger partial charge in [0, 0.05) is 10.8 Å². The minimum absolute atomic E-state index is 0.247. The Morgan fingerprint density at radius 1 is 1.00 bits per heavy atom. The number of benzene rings is 1. The van der Waals surface area contributed by atoms with E-state index in [-0.39, 0.29) is 5.12 Å². The van der Waals surface area contributed by atoms with Gasteiger partial charge >= 0.3 is 0 Å². The Labute approximate surface area is 182 Å². The highest BCUT2D eigenvalue weighted by Gasteiger charge is 2.19. The third kappa shape index (κ3) is 7.48. The van der Waals surface area contributed by atoms with E-state index in [4.69, 9.17) is 0 Å². The van der Waals surface area contributed by atoms with Gasteiger partial charge in [-0.2, -0.15) is 0 Å². The zero-order valence-corrected chi connectivity index (χ0v) is 19.2. The third-order valence-electron chi connectivity index (χ3n) is 6.61. The smallest absolute Gasteiger partial charge is 0.219 e. The molecule has 0 aromatic heterocycles. The summed E-state index contributed by atoms with van der Waals surface area (Å²) in [7, 11) is 0. The maximum absolute atomic E-state index is 12.7. The number of carbonyl (C=O) groups is 1. The van der Waals surface area contributed by atoms with Crippen molar-refractivity contribution in [3.8, 4) is 0 Å². The van der Waals surface area contributed by atoms with Crippen LogP contribution in [0.3, 0.4) is 0 Å². The molecular formula is C27H38OS. The molecule has 0 radical (unpaired) electrons. The van der Waals surface area contributed by atoms with E-state index in [9.17, 15) is 4.79 Å². The van der Waals surface area contributed by atoms with Gasteiger partial charge in [0.1, 0.15) is 0 Å². The Bertz CT molecular complexity index is 713. The first kappa shape index (κ1) is 22.4. The summed E-state index contributed by atoms with van der Waals surface area (Å²) in [4.78, 5) is 12.7. The average molecular weight is 411 g/mol. The number of thioether (sulfide) groups is 1. The Morgan fingerprint density at radius 2 is 1.83 bits per heavy atom. The maximum atomic E-state index is 12.7. The summed E-state index contributed by atoms with van der Waals surface area (Å²) in [5.41, 5.74) is 5.42. The minimum Gasteiger partial charge on any atom is -0.282 e. The van der Waals surface area contributed by atoms with Gasteiger partial charge in [-0.3, -0.25) is 4.79 Å². The van der Waals surface area contributed by atoms with E-state index in [1.165, 1.54) is 63.4 Å². The maximum Gasteiger partial charge on any atom is 0.219 e. The lowest BCUT2D eigenvalue weighted by atomic mass is 9.86. The first-order valence-corrected chi connectivity index (χ1v) is 12.7. The third-order valence-corrected chi connectivity index (χ3v) is 7.82. The highest BCUT2D eigenvalue weighted by atomic mass is 32.2. The van der Waals surface area contributed by atoms with E-state index >= 15 is 0 Å². The Kier molecular flexibility index (Phi) is 9.11. The molecular weight excluding hydrogens is 372 g/mol. The molecule has 2 aliphatic carbocycles. The van der Waals surface area contributed by atoms with Crippen molar-refractivity contribution in [3.63, 3.8) is 0 Å². The fourth-order valence-corrected chi connectivity index (χ4v) is 5.48. The number of unbranched alkanes of at least 4 members (excludes halogenated alkanes) is 2. The molecule has 0 heterocycles. The molecule has 0 aliphatic heterocycles. The van der Waals surface area contributed by atoms with Crippen molar-refractivity contribution in [2.24, 2.45) is 5.92 Å². The first-order chi connectivity index (χ1) is 14.1. The first-order valence-electron chi connectivity index (χ1n) is 11.8. The Hall–Kier alpha value is -1.28. The fourth-order valence-electron chi connectivity index (χ4n) is 4.48. The van der Waals surface area contributed by atoms with Crippen molar-refractivity contribution < 1.29 is 4.79 Å². The topological polar surface area (TPSA) is 17.1 Å². The van der Waals surface area contributed by atoms with Gasteiger partial charge in [-0.25, -0.2) is 0 Å². The summed E-state index contributed by atoms with van der Waals surface area (Å²) < 4.78 is 0. The highest BCUT2D eigenvalue weighted by molar-refractivity contribution is 8.14. The molecule has 158 valence electrons. The molecule has 0 fully saturated rings. The molecule has 2 unspecified atom stereocenters. The van der Waals surface area contributed by atoms with Gasteiger partial charge < -0.3 is 0 Å². The zero-order chi connectivity index (χ0) is 20.5. The normalized spacial score (nSPS) is 22.1. The van der Waals surface area contributed by atoms with Gasteiger partial charge in [0.2, 0.25) is 5.12 Å². The molecule has 2 heteroatoms. The summed E-state index contributed by atoms with van der Waals surface area (Å²) in [5.74, 6) is 0.835. The van der Waals surface area contributed by atoms with Crippen molar-refractivity contribution in [2.45, 2.75) is 96.1 Å². The molecule has 2 atom stereocenters. The summed E-state index contributed by atoms with van der Waals surface area (Å²) >= 11 is 1.56. The molecule has 0 amide bonds. The molecule has 0 bridgehead atoms. The van der Waals surface area contributed by atoms with Crippen molar-refractivity contribution in [3.05, 3.63) is 58.7 Å². The summed E-state index contributed by atoms with van der Waals surface area (Å²) in [6, 6.07) is 8.43. The lowest BCUT2D eigenvalue weighted by Crippen LogP contribution is -2.11. The Balaban J connectivity index is 1.41. The lowest BCUT2D eigenvalue weighted by Gasteiger charge is -2.21. The second-order valence-corrected chi connectivity index (χ2v) is 10.3. The van der Waals surface area contributed by atoms with Crippen molar-refractivity contribution in [2.75, 3.05) is 0 Å². The molecule has 0 saturated heterocycles. The van der Waals surface area contributed by atoms with Gasteiger partial charge in [0.25, 0.3) is 0 Å². The summed E-state index contributed by atoms with van der Waals surface area (Å²) in [5, 5.41) is 0.706. The number of aryl methyl sites for hydroxylation is 1. The van der Waals surface area contributed by atoms with Crippen LogP contribution in [0, 0.1) is 5.92 Å². The number of hydrogen-bond acceptors (Lipinski definition) is 2. The van der Waals surface area contributed by atoms with Crippen LogP contribution in [0.25, 0.3) is 0 Å². The van der Waals surface area contributed by atoms with Gasteiger partial charge in [0.15, 0.2) is 0 Å². The second-order valence-electron chi connectivity index (χ2n) is 9.05. The average Bonchev–Trinajstić information content (AvgIpc) is 2.75. The summed E-state index contributed by atoms with van der Waals surface area (Å²) in [6.07, 6.45) is 19.7. The molecule has 1 aromatic carbocycles. The molecule has 1 aromatic rings. The van der Waals surface area contributed by atoms with E-state index in [1.807, 2.05) is 12.1 Å². The van der Waals surface area contributed by atoms with Crippen molar-refractivity contribution in [1.29, 1.82) is 0 Å². The van der Waals surface area contributed by atoms with Crippen LogP contribution in [-0.2, 0) is 6.42 Å². The van der Waals surface area contributed by atoms with Crippen LogP contribution in [0.5, 0.6) is 0 Å². The lowest BCUT2D eigenvalue weighted by molar-refractivity contribution is 0.108. The summed E-state index contributed by atoms with van der Waals surface area (Å²) in [6.45, 7) is 4.51. The van der Waals surface area contributed by atoms with Crippen LogP contribution < -0.4 is 0 Å². The van der Waals surface area contributed by atoms with E-state index < -0.39 is 0 Å². The van der Waals surface area contributed by atoms with E-state index in [0.29, 0.717) is 5.25 Å². The van der Waals surface area contributed by atoms with Gasteiger partial charge in [-0.1, -0.05) is 79.1 Å². The predicted molar refractivity (Wildman–Crippen MR) is 128 cm³/mol. The molecule has 2 aliphatic rings. The van der Waals surface area contributed by atoms with Crippen LogP contribution >= 0.6 is 11.8 Å². The van der Waals surface area contributed by atoms with Crippen LogP contribution in [0.1, 0.15) is 100 Å².